The Morgan fingerprint density at radius 2 is 2.00 bits per heavy atom. The number of hydrogen-bond acceptors (Lipinski definition) is 4. The van der Waals surface area contributed by atoms with Gasteiger partial charge < -0.3 is 15.0 Å². The van der Waals surface area contributed by atoms with Crippen LogP contribution in [0.5, 0.6) is 5.75 Å². The Morgan fingerprint density at radius 1 is 1.18 bits per heavy atom. The maximum Gasteiger partial charge on any atom is 0.263 e. The summed E-state index contributed by atoms with van der Waals surface area (Å²) in [5.41, 5.74) is 1.22. The Labute approximate surface area is 168 Å². The molecule has 2 fully saturated rings. The van der Waals surface area contributed by atoms with Crippen molar-refractivity contribution < 1.29 is 14.3 Å². The molecule has 1 aromatic heterocycles. The lowest BCUT2D eigenvalue weighted by molar-refractivity contribution is -0.139. The quantitative estimate of drug-likeness (QED) is 0.864. The molecule has 2 atom stereocenters. The zero-order chi connectivity index (χ0) is 19.1. The van der Waals surface area contributed by atoms with E-state index in [-0.39, 0.29) is 23.1 Å². The summed E-state index contributed by atoms with van der Waals surface area (Å²) in [7, 11) is 0. The number of likely N-dealkylation sites (tertiary alicyclic amines) is 1. The van der Waals surface area contributed by atoms with E-state index < -0.39 is 6.10 Å². The van der Waals surface area contributed by atoms with Gasteiger partial charge in [0.05, 0.1) is 6.54 Å². The molecule has 2 aliphatic heterocycles. The van der Waals surface area contributed by atoms with E-state index in [1.807, 2.05) is 46.7 Å². The first-order valence-electron chi connectivity index (χ1n) is 9.98. The third-order valence-electron chi connectivity index (χ3n) is 6.52. The molecule has 1 aromatic carbocycles. The van der Waals surface area contributed by atoms with Crippen molar-refractivity contribution in [1.29, 1.82) is 0 Å². The summed E-state index contributed by atoms with van der Waals surface area (Å²) < 4.78 is 5.86. The minimum absolute atomic E-state index is 0.0883. The highest BCUT2D eigenvalue weighted by Gasteiger charge is 2.58. The van der Waals surface area contributed by atoms with E-state index in [9.17, 15) is 9.59 Å². The second-order valence-corrected chi connectivity index (χ2v) is 9.19. The van der Waals surface area contributed by atoms with Crippen molar-refractivity contribution in [3.63, 3.8) is 0 Å². The molecule has 2 amide bonds. The largest absolute Gasteiger partial charge is 0.480 e. The van der Waals surface area contributed by atoms with E-state index in [0.717, 1.165) is 43.7 Å². The van der Waals surface area contributed by atoms with Gasteiger partial charge in [-0.15, -0.1) is 11.3 Å². The van der Waals surface area contributed by atoms with Gasteiger partial charge in [0.2, 0.25) is 5.91 Å². The molecule has 0 radical (unpaired) electrons. The molecule has 0 bridgehead atoms. The second-order valence-electron chi connectivity index (χ2n) is 8.16. The van der Waals surface area contributed by atoms with Gasteiger partial charge in [-0.1, -0.05) is 24.3 Å². The van der Waals surface area contributed by atoms with Gasteiger partial charge in [-0.2, -0.15) is 0 Å². The van der Waals surface area contributed by atoms with Crippen LogP contribution in [0.4, 0.5) is 0 Å². The van der Waals surface area contributed by atoms with Crippen molar-refractivity contribution in [3.05, 3.63) is 52.2 Å². The van der Waals surface area contributed by atoms with Crippen molar-refractivity contribution >= 4 is 23.2 Å². The number of thiophene rings is 1. The van der Waals surface area contributed by atoms with Crippen LogP contribution in [0.2, 0.25) is 0 Å². The standard InChI is InChI=1S/C22H24N2O3S/c25-20(23-14-16-5-3-11-28-16)17-13-22(17)7-9-24(10-8-22)21(26)19-12-15-4-1-2-6-18(15)27-19/h1-6,11,17,19H,7-10,12-14H2,(H,23,25). The van der Waals surface area contributed by atoms with Crippen LogP contribution in [0.3, 0.4) is 0 Å². The molecule has 28 heavy (non-hydrogen) atoms. The van der Waals surface area contributed by atoms with Crippen molar-refractivity contribution in [1.82, 2.24) is 10.2 Å². The smallest absolute Gasteiger partial charge is 0.263 e. The highest BCUT2D eigenvalue weighted by atomic mass is 32.1. The lowest BCUT2D eigenvalue weighted by Crippen LogP contribution is -2.46. The van der Waals surface area contributed by atoms with Gasteiger partial charge in [0.15, 0.2) is 6.10 Å². The van der Waals surface area contributed by atoms with Gasteiger partial charge in [-0.3, -0.25) is 9.59 Å². The summed E-state index contributed by atoms with van der Waals surface area (Å²) in [5.74, 6) is 1.20. The Kier molecular flexibility index (Phi) is 4.38. The highest BCUT2D eigenvalue weighted by Crippen LogP contribution is 2.59. The van der Waals surface area contributed by atoms with Crippen LogP contribution in [0.25, 0.3) is 0 Å². The van der Waals surface area contributed by atoms with E-state index in [1.165, 1.54) is 4.88 Å². The Bertz CT molecular complexity index is 862. The SMILES string of the molecule is O=C(NCc1cccs1)C1CC12CCN(C(=O)C1Cc3ccccc3O1)CC2. The normalized spacial score (nSPS) is 24.5. The number of fused-ring (bicyclic) bond motifs is 1. The van der Waals surface area contributed by atoms with Crippen LogP contribution in [0.1, 0.15) is 29.7 Å². The lowest BCUT2D eigenvalue weighted by Gasteiger charge is -2.34. The van der Waals surface area contributed by atoms with Crippen molar-refractivity contribution in [3.8, 4) is 5.75 Å². The van der Waals surface area contributed by atoms with E-state index in [0.29, 0.717) is 13.0 Å². The fourth-order valence-corrected chi connectivity index (χ4v) is 5.32. The summed E-state index contributed by atoms with van der Waals surface area (Å²) >= 11 is 1.66. The lowest BCUT2D eigenvalue weighted by atomic mass is 9.90. The Hall–Kier alpha value is -2.34. The van der Waals surface area contributed by atoms with E-state index in [1.54, 1.807) is 11.3 Å². The van der Waals surface area contributed by atoms with E-state index in [2.05, 4.69) is 5.32 Å². The molecule has 6 heteroatoms. The van der Waals surface area contributed by atoms with Gasteiger partial charge in [0, 0.05) is 30.3 Å². The van der Waals surface area contributed by atoms with Gasteiger partial charge in [-0.25, -0.2) is 0 Å². The highest BCUT2D eigenvalue weighted by molar-refractivity contribution is 7.09. The van der Waals surface area contributed by atoms with Crippen LogP contribution < -0.4 is 10.1 Å². The van der Waals surface area contributed by atoms with Gasteiger partial charge >= 0.3 is 0 Å². The average Bonchev–Trinajstić information content (AvgIpc) is 3.09. The number of carbonyl (C=O) groups excluding carboxylic acids is 2. The van der Waals surface area contributed by atoms with E-state index >= 15 is 0 Å². The summed E-state index contributed by atoms with van der Waals surface area (Å²) in [6.45, 7) is 2.07. The third kappa shape index (κ3) is 3.20. The first-order chi connectivity index (χ1) is 13.6. The molecule has 2 unspecified atom stereocenters. The van der Waals surface area contributed by atoms with Gasteiger partial charge in [-0.05, 0) is 47.8 Å². The molecule has 1 N–H and O–H groups in total. The second kappa shape index (κ2) is 6.92. The molecule has 3 heterocycles. The van der Waals surface area contributed by atoms with Crippen LogP contribution in [0.15, 0.2) is 41.8 Å². The summed E-state index contributed by atoms with van der Waals surface area (Å²) in [4.78, 5) is 28.5. The molecule has 5 rings (SSSR count). The maximum atomic E-state index is 12.9. The Morgan fingerprint density at radius 3 is 2.75 bits per heavy atom. The minimum Gasteiger partial charge on any atom is -0.480 e. The summed E-state index contributed by atoms with van der Waals surface area (Å²) in [5, 5.41) is 5.11. The van der Waals surface area contributed by atoms with Crippen LogP contribution in [0, 0.1) is 11.3 Å². The number of ether oxygens (including phenoxy) is 1. The molecule has 5 nitrogen and oxygen atoms in total. The summed E-state index contributed by atoms with van der Waals surface area (Å²) in [6.07, 6.45) is 3.04. The predicted octanol–water partition coefficient (Wildman–Crippen LogP) is 3.00. The fraction of sp³-hybridized carbons (Fsp3) is 0.455. The minimum atomic E-state index is -0.393. The first-order valence-corrected chi connectivity index (χ1v) is 10.9. The third-order valence-corrected chi connectivity index (χ3v) is 7.39. The molecular weight excluding hydrogens is 372 g/mol. The van der Waals surface area contributed by atoms with Crippen molar-refractivity contribution in [2.45, 2.75) is 38.3 Å². The molecule has 146 valence electrons. The van der Waals surface area contributed by atoms with Crippen LogP contribution >= 0.6 is 11.3 Å². The number of rotatable bonds is 4. The monoisotopic (exact) mass is 396 g/mol. The number of piperidine rings is 1. The number of benzene rings is 1. The molecule has 2 aromatic rings. The van der Waals surface area contributed by atoms with Crippen LogP contribution in [-0.2, 0) is 22.6 Å². The van der Waals surface area contributed by atoms with Crippen molar-refractivity contribution in [2.24, 2.45) is 11.3 Å². The molecule has 1 aliphatic carbocycles. The van der Waals surface area contributed by atoms with Crippen molar-refractivity contribution in [2.75, 3.05) is 13.1 Å². The zero-order valence-electron chi connectivity index (χ0n) is 15.7. The molecule has 1 spiro atoms. The number of nitrogens with one attached hydrogen (secondary N) is 1. The maximum absolute atomic E-state index is 12.9. The molecular formula is C22H24N2O3S. The molecule has 1 saturated carbocycles. The fourth-order valence-electron chi connectivity index (χ4n) is 4.68. The zero-order valence-corrected chi connectivity index (χ0v) is 16.5. The first kappa shape index (κ1) is 17.7. The van der Waals surface area contributed by atoms with Crippen LogP contribution in [-0.4, -0.2) is 35.9 Å². The number of hydrogen-bond donors (Lipinski definition) is 1. The number of nitrogens with zero attached hydrogens (tertiary/aromatic N) is 1. The molecule has 3 aliphatic rings. The number of amides is 2. The van der Waals surface area contributed by atoms with Gasteiger partial charge in [0.25, 0.3) is 5.91 Å². The summed E-state index contributed by atoms with van der Waals surface area (Å²) in [6, 6.07) is 11.9. The predicted molar refractivity (Wildman–Crippen MR) is 107 cm³/mol. The number of para-hydroxylation sites is 1. The molecule has 1 saturated heterocycles. The average molecular weight is 397 g/mol. The Balaban J connectivity index is 1.12. The van der Waals surface area contributed by atoms with Gasteiger partial charge in [0.1, 0.15) is 5.75 Å². The van der Waals surface area contributed by atoms with E-state index in [4.69, 9.17) is 4.74 Å². The topological polar surface area (TPSA) is 58.6 Å². The number of carbonyl (C=O) groups is 2.